The second-order valence-corrected chi connectivity index (χ2v) is 10.2. The SMILES string of the molecule is COC(=O)[C@H](CSC(C)(C)C)NC(=O)[C@@H](CSC(C)=O)Cc1ccccc1. The molecule has 1 N–H and O–H groups in total. The van der Waals surface area contributed by atoms with Gasteiger partial charge in [-0.05, 0) is 12.0 Å². The van der Waals surface area contributed by atoms with Crippen LogP contribution in [0.5, 0.6) is 0 Å². The van der Waals surface area contributed by atoms with Gasteiger partial charge in [-0.25, -0.2) is 4.79 Å². The first-order valence-electron chi connectivity index (χ1n) is 8.82. The van der Waals surface area contributed by atoms with E-state index in [1.807, 2.05) is 30.3 Å². The number of carbonyl (C=O) groups excluding carboxylic acids is 3. The monoisotopic (exact) mass is 411 g/mol. The van der Waals surface area contributed by atoms with Gasteiger partial charge >= 0.3 is 5.97 Å². The van der Waals surface area contributed by atoms with Crippen LogP contribution in [0.1, 0.15) is 33.3 Å². The maximum absolute atomic E-state index is 12.9. The van der Waals surface area contributed by atoms with Gasteiger partial charge in [-0.1, -0.05) is 62.9 Å². The lowest BCUT2D eigenvalue weighted by molar-refractivity contribution is -0.144. The number of amides is 1. The highest BCUT2D eigenvalue weighted by atomic mass is 32.2. The Balaban J connectivity index is 2.85. The van der Waals surface area contributed by atoms with Gasteiger partial charge in [-0.3, -0.25) is 9.59 Å². The molecule has 0 bridgehead atoms. The predicted octanol–water partition coefficient (Wildman–Crippen LogP) is 3.31. The van der Waals surface area contributed by atoms with Gasteiger partial charge in [0.25, 0.3) is 0 Å². The van der Waals surface area contributed by atoms with E-state index >= 15 is 0 Å². The highest BCUT2D eigenvalue weighted by molar-refractivity contribution is 8.13. The molecule has 0 unspecified atom stereocenters. The van der Waals surface area contributed by atoms with Crippen molar-refractivity contribution in [1.29, 1.82) is 0 Å². The van der Waals surface area contributed by atoms with Crippen molar-refractivity contribution >= 4 is 40.5 Å². The van der Waals surface area contributed by atoms with Gasteiger partial charge in [0.15, 0.2) is 5.12 Å². The third-order valence-electron chi connectivity index (χ3n) is 3.67. The number of nitrogens with one attached hydrogen (secondary N) is 1. The summed E-state index contributed by atoms with van der Waals surface area (Å²) in [6.45, 7) is 7.64. The van der Waals surface area contributed by atoms with Crippen molar-refractivity contribution in [3.63, 3.8) is 0 Å². The number of rotatable bonds is 9. The molecule has 150 valence electrons. The molecule has 1 amide bonds. The summed E-state index contributed by atoms with van der Waals surface area (Å²) in [4.78, 5) is 36.3. The average molecular weight is 412 g/mol. The Labute approximate surface area is 170 Å². The van der Waals surface area contributed by atoms with Crippen LogP contribution in [-0.4, -0.2) is 46.4 Å². The highest BCUT2D eigenvalue weighted by Gasteiger charge is 2.28. The number of benzene rings is 1. The Kier molecular flexibility index (Phi) is 9.94. The van der Waals surface area contributed by atoms with Gasteiger partial charge < -0.3 is 10.1 Å². The van der Waals surface area contributed by atoms with Crippen LogP contribution in [0, 0.1) is 5.92 Å². The van der Waals surface area contributed by atoms with E-state index in [-0.39, 0.29) is 15.8 Å². The minimum absolute atomic E-state index is 0.0336. The van der Waals surface area contributed by atoms with Crippen LogP contribution in [-0.2, 0) is 25.5 Å². The molecule has 0 radical (unpaired) electrons. The zero-order valence-electron chi connectivity index (χ0n) is 16.6. The molecule has 5 nitrogen and oxygen atoms in total. The zero-order chi connectivity index (χ0) is 20.4. The normalized spacial score (nSPS) is 13.5. The second kappa shape index (κ2) is 11.4. The van der Waals surface area contributed by atoms with Crippen LogP contribution in [0.15, 0.2) is 30.3 Å². The lowest BCUT2D eigenvalue weighted by atomic mass is 10.00. The summed E-state index contributed by atoms with van der Waals surface area (Å²) in [7, 11) is 1.32. The summed E-state index contributed by atoms with van der Waals surface area (Å²) in [6, 6.07) is 8.93. The van der Waals surface area contributed by atoms with E-state index in [9.17, 15) is 14.4 Å². The van der Waals surface area contributed by atoms with Gasteiger partial charge in [0, 0.05) is 23.2 Å². The lowest BCUT2D eigenvalue weighted by Gasteiger charge is -2.24. The minimum Gasteiger partial charge on any atom is -0.467 e. The van der Waals surface area contributed by atoms with Gasteiger partial charge in [0.05, 0.1) is 13.0 Å². The number of ether oxygens (including phenoxy) is 1. The van der Waals surface area contributed by atoms with Gasteiger partial charge in [0.1, 0.15) is 6.04 Å². The van der Waals surface area contributed by atoms with E-state index < -0.39 is 17.9 Å². The molecule has 1 rings (SSSR count). The first-order valence-corrected chi connectivity index (χ1v) is 10.8. The van der Waals surface area contributed by atoms with Crippen LogP contribution in [0.2, 0.25) is 0 Å². The molecule has 0 aromatic heterocycles. The van der Waals surface area contributed by atoms with Gasteiger partial charge in [-0.2, -0.15) is 11.8 Å². The predicted molar refractivity (Wildman–Crippen MR) is 113 cm³/mol. The van der Waals surface area contributed by atoms with E-state index in [4.69, 9.17) is 4.74 Å². The van der Waals surface area contributed by atoms with Crippen molar-refractivity contribution in [3.8, 4) is 0 Å². The molecule has 27 heavy (non-hydrogen) atoms. The maximum atomic E-state index is 12.9. The summed E-state index contributed by atoms with van der Waals surface area (Å²) >= 11 is 2.71. The fourth-order valence-electron chi connectivity index (χ4n) is 2.28. The standard InChI is InChI=1S/C20H29NO4S2/c1-14(22)26-12-16(11-15-9-7-6-8-10-15)18(23)21-17(19(24)25-5)13-27-20(2,3)4/h6-10,16-17H,11-13H2,1-5H3,(H,21,23)/t16-,17+/m1/s1. The zero-order valence-corrected chi connectivity index (χ0v) is 18.2. The van der Waals surface area contributed by atoms with Crippen LogP contribution in [0.25, 0.3) is 0 Å². The minimum atomic E-state index is -0.715. The van der Waals surface area contributed by atoms with E-state index in [0.29, 0.717) is 17.9 Å². The summed E-state index contributed by atoms with van der Waals surface area (Å²) in [5, 5.41) is 2.79. The van der Waals surface area contributed by atoms with Crippen molar-refractivity contribution in [3.05, 3.63) is 35.9 Å². The number of thioether (sulfide) groups is 2. The van der Waals surface area contributed by atoms with Crippen LogP contribution in [0.4, 0.5) is 0 Å². The van der Waals surface area contributed by atoms with E-state index in [2.05, 4.69) is 26.1 Å². The molecule has 0 heterocycles. The molecule has 0 saturated carbocycles. The van der Waals surface area contributed by atoms with Crippen molar-refractivity contribution in [1.82, 2.24) is 5.32 Å². The molecule has 0 spiro atoms. The van der Waals surface area contributed by atoms with Crippen molar-refractivity contribution in [2.75, 3.05) is 18.6 Å². The van der Waals surface area contributed by atoms with Crippen molar-refractivity contribution in [2.45, 2.75) is 44.9 Å². The van der Waals surface area contributed by atoms with E-state index in [1.165, 1.54) is 14.0 Å². The Bertz CT molecular complexity index is 629. The van der Waals surface area contributed by atoms with E-state index in [0.717, 1.165) is 17.3 Å². The topological polar surface area (TPSA) is 72.5 Å². The first kappa shape index (κ1) is 23.6. The quantitative estimate of drug-likeness (QED) is 0.629. The molecule has 0 aliphatic rings. The lowest BCUT2D eigenvalue weighted by Crippen LogP contribution is -2.47. The number of hydrogen-bond donors (Lipinski definition) is 1. The third kappa shape index (κ3) is 9.86. The largest absolute Gasteiger partial charge is 0.467 e. The highest BCUT2D eigenvalue weighted by Crippen LogP contribution is 2.24. The molecular weight excluding hydrogens is 382 g/mol. The fraction of sp³-hybridized carbons (Fsp3) is 0.550. The molecule has 2 atom stereocenters. The Hall–Kier alpha value is -1.47. The smallest absolute Gasteiger partial charge is 0.329 e. The number of carbonyl (C=O) groups is 3. The molecule has 0 aliphatic heterocycles. The maximum Gasteiger partial charge on any atom is 0.329 e. The molecule has 0 fully saturated rings. The summed E-state index contributed by atoms with van der Waals surface area (Å²) in [5.74, 6) is -0.306. The number of methoxy groups -OCH3 is 1. The molecule has 7 heteroatoms. The number of hydrogen-bond acceptors (Lipinski definition) is 6. The summed E-state index contributed by atoms with van der Waals surface area (Å²) in [5.41, 5.74) is 1.01. The third-order valence-corrected chi connectivity index (χ3v) is 6.01. The first-order chi connectivity index (χ1) is 12.6. The average Bonchev–Trinajstić information content (AvgIpc) is 2.61. The number of esters is 1. The second-order valence-electron chi connectivity index (χ2n) is 7.20. The van der Waals surface area contributed by atoms with Crippen molar-refractivity contribution in [2.24, 2.45) is 5.92 Å². The summed E-state index contributed by atoms with van der Waals surface area (Å²) < 4.78 is 4.81. The van der Waals surface area contributed by atoms with Gasteiger partial charge in [-0.15, -0.1) is 0 Å². The Morgan fingerprint density at radius 3 is 2.26 bits per heavy atom. The molecular formula is C20H29NO4S2. The Morgan fingerprint density at radius 1 is 1.11 bits per heavy atom. The fourth-order valence-corrected chi connectivity index (χ4v) is 3.87. The molecule has 0 saturated heterocycles. The van der Waals surface area contributed by atoms with Crippen LogP contribution in [0.3, 0.4) is 0 Å². The molecule has 0 aliphatic carbocycles. The van der Waals surface area contributed by atoms with Crippen LogP contribution >= 0.6 is 23.5 Å². The van der Waals surface area contributed by atoms with Gasteiger partial charge in [0.2, 0.25) is 5.91 Å². The Morgan fingerprint density at radius 2 is 1.74 bits per heavy atom. The molecule has 1 aromatic rings. The van der Waals surface area contributed by atoms with Crippen LogP contribution < -0.4 is 5.32 Å². The van der Waals surface area contributed by atoms with Crippen molar-refractivity contribution < 1.29 is 19.1 Å². The summed E-state index contributed by atoms with van der Waals surface area (Å²) in [6.07, 6.45) is 0.507. The van der Waals surface area contributed by atoms with E-state index in [1.54, 1.807) is 11.8 Å². The molecule has 1 aromatic carbocycles.